The van der Waals surface area contributed by atoms with Gasteiger partial charge in [-0.25, -0.2) is 4.79 Å². The lowest BCUT2D eigenvalue weighted by Gasteiger charge is -1.83. The molecule has 1 aromatic rings. The van der Waals surface area contributed by atoms with Crippen LogP contribution in [0, 0.1) is 0 Å². The summed E-state index contributed by atoms with van der Waals surface area (Å²) in [5, 5.41) is 11.9. The Bertz CT molecular complexity index is 404. The molecule has 0 aliphatic carbocycles. The van der Waals surface area contributed by atoms with Gasteiger partial charge in [-0.15, -0.1) is 11.3 Å². The number of hydrogen-bond donors (Lipinski definition) is 1. The maximum Gasteiger partial charge on any atom is 0.345 e. The van der Waals surface area contributed by atoms with Crippen LogP contribution in [0.25, 0.3) is 16.5 Å². The van der Waals surface area contributed by atoms with Crippen molar-refractivity contribution in [2.24, 2.45) is 5.11 Å². The standard InChI is InChI=1S/C8H7N3O2S/c9-11-10-5-1-2-6-3-4-7(14-6)8(12)13/h1-4H,5H2,(H,12,13). The number of thiophene rings is 1. The average molecular weight is 209 g/mol. The number of azide groups is 1. The Morgan fingerprint density at radius 3 is 3.07 bits per heavy atom. The van der Waals surface area contributed by atoms with Gasteiger partial charge in [0.25, 0.3) is 0 Å². The summed E-state index contributed by atoms with van der Waals surface area (Å²) in [6.45, 7) is 0.275. The number of carboxylic acid groups (broad SMARTS) is 1. The van der Waals surface area contributed by atoms with E-state index in [0.717, 1.165) is 4.88 Å². The normalized spacial score (nSPS) is 10.0. The molecule has 72 valence electrons. The Labute approximate surface area is 83.9 Å². The summed E-state index contributed by atoms with van der Waals surface area (Å²) in [5.74, 6) is -0.926. The first-order chi connectivity index (χ1) is 6.74. The summed E-state index contributed by atoms with van der Waals surface area (Å²) in [6.07, 6.45) is 3.41. The van der Waals surface area contributed by atoms with Gasteiger partial charge in [-0.2, -0.15) is 0 Å². The number of rotatable bonds is 4. The number of carbonyl (C=O) groups is 1. The minimum absolute atomic E-state index is 0.275. The van der Waals surface area contributed by atoms with Crippen LogP contribution in [0.3, 0.4) is 0 Å². The second kappa shape index (κ2) is 5.06. The van der Waals surface area contributed by atoms with E-state index in [2.05, 4.69) is 10.0 Å². The highest BCUT2D eigenvalue weighted by atomic mass is 32.1. The van der Waals surface area contributed by atoms with Gasteiger partial charge in [-0.1, -0.05) is 11.2 Å². The minimum atomic E-state index is -0.926. The lowest BCUT2D eigenvalue weighted by atomic mass is 10.4. The topological polar surface area (TPSA) is 86.1 Å². The van der Waals surface area contributed by atoms with Gasteiger partial charge in [0, 0.05) is 16.3 Å². The molecule has 1 aromatic heterocycles. The first-order valence-corrected chi connectivity index (χ1v) is 4.56. The molecule has 0 bridgehead atoms. The summed E-state index contributed by atoms with van der Waals surface area (Å²) in [6, 6.07) is 3.25. The molecule has 0 aromatic carbocycles. The largest absolute Gasteiger partial charge is 0.477 e. The van der Waals surface area contributed by atoms with Gasteiger partial charge in [0.1, 0.15) is 4.88 Å². The third-order valence-corrected chi connectivity index (χ3v) is 2.41. The van der Waals surface area contributed by atoms with Gasteiger partial charge in [-0.3, -0.25) is 0 Å². The fourth-order valence-electron chi connectivity index (χ4n) is 0.810. The Morgan fingerprint density at radius 1 is 1.71 bits per heavy atom. The molecule has 0 amide bonds. The Kier molecular flexibility index (Phi) is 3.72. The van der Waals surface area contributed by atoms with Crippen molar-refractivity contribution in [3.63, 3.8) is 0 Å². The van der Waals surface area contributed by atoms with Crippen molar-refractivity contribution in [1.29, 1.82) is 0 Å². The van der Waals surface area contributed by atoms with E-state index >= 15 is 0 Å². The van der Waals surface area contributed by atoms with Crippen LogP contribution in [-0.2, 0) is 0 Å². The van der Waals surface area contributed by atoms with E-state index in [0.29, 0.717) is 4.88 Å². The number of carboxylic acids is 1. The van der Waals surface area contributed by atoms with Crippen molar-refractivity contribution in [3.8, 4) is 0 Å². The second-order valence-electron chi connectivity index (χ2n) is 2.32. The van der Waals surface area contributed by atoms with Gasteiger partial charge in [0.2, 0.25) is 0 Å². The molecule has 0 aliphatic rings. The van der Waals surface area contributed by atoms with Crippen molar-refractivity contribution in [1.82, 2.24) is 0 Å². The summed E-state index contributed by atoms with van der Waals surface area (Å²) < 4.78 is 0. The molecular formula is C8H7N3O2S. The van der Waals surface area contributed by atoms with E-state index in [9.17, 15) is 4.79 Å². The third kappa shape index (κ3) is 2.93. The molecule has 1 N–H and O–H groups in total. The van der Waals surface area contributed by atoms with E-state index in [-0.39, 0.29) is 6.54 Å². The smallest absolute Gasteiger partial charge is 0.345 e. The lowest BCUT2D eigenvalue weighted by Crippen LogP contribution is -1.89. The molecule has 0 unspecified atom stereocenters. The van der Waals surface area contributed by atoms with Gasteiger partial charge >= 0.3 is 5.97 Å². The van der Waals surface area contributed by atoms with Crippen LogP contribution in [0.4, 0.5) is 0 Å². The SMILES string of the molecule is [N-]=[N+]=NCC=Cc1ccc(C(=O)O)s1. The van der Waals surface area contributed by atoms with E-state index in [1.807, 2.05) is 0 Å². The number of aromatic carboxylic acids is 1. The molecule has 0 radical (unpaired) electrons. The molecule has 5 nitrogen and oxygen atoms in total. The zero-order valence-corrected chi connectivity index (χ0v) is 7.94. The minimum Gasteiger partial charge on any atom is -0.477 e. The third-order valence-electron chi connectivity index (χ3n) is 1.37. The summed E-state index contributed by atoms with van der Waals surface area (Å²) in [5.41, 5.74) is 7.99. The zero-order chi connectivity index (χ0) is 10.4. The Hall–Kier alpha value is -1.78. The molecule has 1 rings (SSSR count). The fourth-order valence-corrected chi connectivity index (χ4v) is 1.59. The highest BCUT2D eigenvalue weighted by Crippen LogP contribution is 2.17. The monoisotopic (exact) mass is 209 g/mol. The van der Waals surface area contributed by atoms with Crippen molar-refractivity contribution < 1.29 is 9.90 Å². The Balaban J connectivity index is 2.63. The summed E-state index contributed by atoms with van der Waals surface area (Å²) >= 11 is 1.18. The van der Waals surface area contributed by atoms with Crippen LogP contribution in [0.5, 0.6) is 0 Å². The zero-order valence-electron chi connectivity index (χ0n) is 7.12. The van der Waals surface area contributed by atoms with E-state index in [1.165, 1.54) is 11.3 Å². The van der Waals surface area contributed by atoms with Crippen molar-refractivity contribution >= 4 is 23.4 Å². The summed E-state index contributed by atoms with van der Waals surface area (Å²) in [4.78, 5) is 14.2. The number of hydrogen-bond acceptors (Lipinski definition) is 3. The Morgan fingerprint density at radius 2 is 2.50 bits per heavy atom. The summed E-state index contributed by atoms with van der Waals surface area (Å²) in [7, 11) is 0. The number of nitrogens with zero attached hydrogens (tertiary/aromatic N) is 3. The van der Waals surface area contributed by atoms with Gasteiger partial charge in [0.05, 0.1) is 0 Å². The highest BCUT2D eigenvalue weighted by Gasteiger charge is 2.04. The lowest BCUT2D eigenvalue weighted by molar-refractivity contribution is 0.0702. The van der Waals surface area contributed by atoms with Crippen molar-refractivity contribution in [3.05, 3.63) is 38.4 Å². The molecule has 0 fully saturated rings. The van der Waals surface area contributed by atoms with Crippen LogP contribution < -0.4 is 0 Å². The molecule has 6 heteroatoms. The molecular weight excluding hydrogens is 202 g/mol. The quantitative estimate of drug-likeness (QED) is 0.469. The van der Waals surface area contributed by atoms with E-state index in [1.54, 1.807) is 24.3 Å². The first kappa shape index (κ1) is 10.3. The van der Waals surface area contributed by atoms with Crippen molar-refractivity contribution in [2.75, 3.05) is 6.54 Å². The van der Waals surface area contributed by atoms with E-state index in [4.69, 9.17) is 10.6 Å². The van der Waals surface area contributed by atoms with Crippen LogP contribution in [0.1, 0.15) is 14.5 Å². The fraction of sp³-hybridized carbons (Fsp3) is 0.125. The molecule has 0 saturated carbocycles. The van der Waals surface area contributed by atoms with Crippen LogP contribution in [-0.4, -0.2) is 17.6 Å². The van der Waals surface area contributed by atoms with Crippen molar-refractivity contribution in [2.45, 2.75) is 0 Å². The average Bonchev–Trinajstić information content (AvgIpc) is 2.61. The maximum absolute atomic E-state index is 10.5. The molecule has 0 aliphatic heterocycles. The van der Waals surface area contributed by atoms with Crippen LogP contribution in [0.2, 0.25) is 0 Å². The predicted octanol–water partition coefficient (Wildman–Crippen LogP) is 2.77. The molecule has 0 spiro atoms. The van der Waals surface area contributed by atoms with Crippen LogP contribution in [0.15, 0.2) is 23.3 Å². The maximum atomic E-state index is 10.5. The second-order valence-corrected chi connectivity index (χ2v) is 3.44. The highest BCUT2D eigenvalue weighted by molar-refractivity contribution is 7.14. The van der Waals surface area contributed by atoms with Crippen LogP contribution >= 0.6 is 11.3 Å². The molecule has 14 heavy (non-hydrogen) atoms. The van der Waals surface area contributed by atoms with E-state index < -0.39 is 5.97 Å². The van der Waals surface area contributed by atoms with Gasteiger partial charge in [-0.05, 0) is 23.7 Å². The first-order valence-electron chi connectivity index (χ1n) is 3.74. The molecule has 0 saturated heterocycles. The predicted molar refractivity (Wildman–Crippen MR) is 54.3 cm³/mol. The molecule has 0 atom stereocenters. The van der Waals surface area contributed by atoms with Gasteiger partial charge in [0.15, 0.2) is 0 Å². The van der Waals surface area contributed by atoms with Gasteiger partial charge < -0.3 is 5.11 Å². The molecule has 1 heterocycles.